The maximum Gasteiger partial charge on any atom is 0.257 e. The number of hydrogen-bond acceptors (Lipinski definition) is 4. The summed E-state index contributed by atoms with van der Waals surface area (Å²) < 4.78 is 0.919. The van der Waals surface area contributed by atoms with Gasteiger partial charge < -0.3 is 0 Å². The fourth-order valence-electron chi connectivity index (χ4n) is 1.64. The molecular formula is C14H16BrN3OS. The van der Waals surface area contributed by atoms with Gasteiger partial charge in [0.05, 0.1) is 0 Å². The van der Waals surface area contributed by atoms with E-state index in [1.807, 2.05) is 13.0 Å². The third-order valence-electron chi connectivity index (χ3n) is 2.70. The topological polar surface area (TPSA) is 54.9 Å². The lowest BCUT2D eigenvalue weighted by Crippen LogP contribution is -2.11. The van der Waals surface area contributed by atoms with Gasteiger partial charge in [-0.05, 0) is 30.5 Å². The largest absolute Gasteiger partial charge is 0.296 e. The Morgan fingerprint density at radius 1 is 1.40 bits per heavy atom. The summed E-state index contributed by atoms with van der Waals surface area (Å²) in [5.74, 6) is 0.359. The normalized spacial score (nSPS) is 10.8. The van der Waals surface area contributed by atoms with Gasteiger partial charge in [0.15, 0.2) is 0 Å². The van der Waals surface area contributed by atoms with Gasteiger partial charge in [-0.15, -0.1) is 10.2 Å². The van der Waals surface area contributed by atoms with Gasteiger partial charge in [0.25, 0.3) is 5.91 Å². The summed E-state index contributed by atoms with van der Waals surface area (Å²) in [6, 6.07) is 5.51. The number of halogens is 1. The molecule has 0 unspecified atom stereocenters. The molecule has 4 nitrogen and oxygen atoms in total. The number of benzene rings is 1. The molecule has 1 heterocycles. The van der Waals surface area contributed by atoms with E-state index in [4.69, 9.17) is 0 Å². The van der Waals surface area contributed by atoms with E-state index in [9.17, 15) is 4.79 Å². The number of aryl methyl sites for hydroxylation is 1. The number of rotatable bonds is 4. The fourth-order valence-corrected chi connectivity index (χ4v) is 2.96. The Hall–Kier alpha value is -1.27. The molecule has 0 spiro atoms. The van der Waals surface area contributed by atoms with Gasteiger partial charge in [-0.3, -0.25) is 10.1 Å². The zero-order valence-corrected chi connectivity index (χ0v) is 14.0. The van der Waals surface area contributed by atoms with Crippen LogP contribution in [-0.4, -0.2) is 16.1 Å². The van der Waals surface area contributed by atoms with Crippen molar-refractivity contribution in [2.75, 3.05) is 5.32 Å². The Balaban J connectivity index is 2.07. The molecule has 106 valence electrons. The van der Waals surface area contributed by atoms with E-state index >= 15 is 0 Å². The first-order valence-corrected chi connectivity index (χ1v) is 7.96. The molecule has 0 atom stereocenters. The van der Waals surface area contributed by atoms with Gasteiger partial charge in [0, 0.05) is 16.5 Å². The van der Waals surface area contributed by atoms with Gasteiger partial charge in [-0.1, -0.05) is 47.2 Å². The predicted octanol–water partition coefficient (Wildman–Crippen LogP) is 4.06. The number of aromatic nitrogens is 2. The Labute approximate surface area is 130 Å². The minimum absolute atomic E-state index is 0.169. The highest BCUT2D eigenvalue weighted by Crippen LogP contribution is 2.21. The molecule has 0 radical (unpaired) electrons. The summed E-state index contributed by atoms with van der Waals surface area (Å²) in [4.78, 5) is 12.1. The molecule has 0 aliphatic heterocycles. The van der Waals surface area contributed by atoms with Gasteiger partial charge in [-0.2, -0.15) is 0 Å². The Kier molecular flexibility index (Phi) is 4.88. The second kappa shape index (κ2) is 6.45. The van der Waals surface area contributed by atoms with Crippen LogP contribution in [0.15, 0.2) is 22.7 Å². The molecule has 0 aliphatic rings. The van der Waals surface area contributed by atoms with Crippen molar-refractivity contribution in [1.82, 2.24) is 10.2 Å². The van der Waals surface area contributed by atoms with Gasteiger partial charge in [-0.25, -0.2) is 0 Å². The zero-order valence-electron chi connectivity index (χ0n) is 11.6. The first-order chi connectivity index (χ1) is 9.45. The average molecular weight is 354 g/mol. The summed E-state index contributed by atoms with van der Waals surface area (Å²) in [5, 5.41) is 12.4. The number of carbonyl (C=O) groups excluding carboxylic acids is 1. The van der Waals surface area contributed by atoms with Crippen LogP contribution in [0.5, 0.6) is 0 Å². The molecule has 6 heteroatoms. The Morgan fingerprint density at radius 2 is 2.15 bits per heavy atom. The van der Waals surface area contributed by atoms with Gasteiger partial charge in [0.1, 0.15) is 5.01 Å². The number of hydrogen-bond donors (Lipinski definition) is 1. The molecule has 20 heavy (non-hydrogen) atoms. The maximum absolute atomic E-state index is 12.1. The van der Waals surface area contributed by atoms with Crippen LogP contribution >= 0.6 is 27.3 Å². The van der Waals surface area contributed by atoms with Crippen LogP contribution in [0.1, 0.15) is 34.8 Å². The van der Waals surface area contributed by atoms with E-state index in [0.717, 1.165) is 21.5 Å². The quantitative estimate of drug-likeness (QED) is 0.901. The number of nitrogens with one attached hydrogen (secondary N) is 1. The number of amides is 1. The standard InChI is InChI=1S/C14H16BrN3OS/c1-8(2)6-12-17-18-14(20-12)16-13(19)10-5-4-9(3)11(15)7-10/h4-5,7-8H,6H2,1-3H3,(H,16,18,19). The average Bonchev–Trinajstić information content (AvgIpc) is 2.79. The molecule has 1 aromatic heterocycles. The third kappa shape index (κ3) is 3.86. The van der Waals surface area contributed by atoms with Crippen LogP contribution in [0.4, 0.5) is 5.13 Å². The second-order valence-corrected chi connectivity index (χ2v) is 6.93. The number of anilines is 1. The van der Waals surface area contributed by atoms with Crippen molar-refractivity contribution >= 4 is 38.3 Å². The van der Waals surface area contributed by atoms with Crippen molar-refractivity contribution in [2.24, 2.45) is 5.92 Å². The molecule has 2 aromatic rings. The maximum atomic E-state index is 12.1. The number of carbonyl (C=O) groups is 1. The SMILES string of the molecule is Cc1ccc(C(=O)Nc2nnc(CC(C)C)s2)cc1Br. The van der Waals surface area contributed by atoms with E-state index in [1.165, 1.54) is 11.3 Å². The summed E-state index contributed by atoms with van der Waals surface area (Å²) >= 11 is 4.85. The summed E-state index contributed by atoms with van der Waals surface area (Å²) in [6.45, 7) is 6.24. The second-order valence-electron chi connectivity index (χ2n) is 5.02. The van der Waals surface area contributed by atoms with Crippen LogP contribution in [0, 0.1) is 12.8 Å². The van der Waals surface area contributed by atoms with Crippen molar-refractivity contribution in [2.45, 2.75) is 27.2 Å². The summed E-state index contributed by atoms with van der Waals surface area (Å²) in [5.41, 5.74) is 1.69. The van der Waals surface area contributed by atoms with Crippen molar-refractivity contribution < 1.29 is 4.79 Å². The first-order valence-electron chi connectivity index (χ1n) is 6.35. The molecule has 1 amide bonds. The van der Waals surface area contributed by atoms with Crippen molar-refractivity contribution in [3.8, 4) is 0 Å². The molecule has 0 saturated heterocycles. The van der Waals surface area contributed by atoms with E-state index in [-0.39, 0.29) is 5.91 Å². The molecule has 0 saturated carbocycles. The first kappa shape index (κ1) is 15.1. The highest BCUT2D eigenvalue weighted by molar-refractivity contribution is 9.10. The molecule has 1 N–H and O–H groups in total. The lowest BCUT2D eigenvalue weighted by atomic mass is 10.1. The van der Waals surface area contributed by atoms with E-state index in [1.54, 1.807) is 12.1 Å². The van der Waals surface area contributed by atoms with E-state index < -0.39 is 0 Å². The lowest BCUT2D eigenvalue weighted by Gasteiger charge is -2.03. The molecule has 2 rings (SSSR count). The summed E-state index contributed by atoms with van der Waals surface area (Å²) in [7, 11) is 0. The highest BCUT2D eigenvalue weighted by Gasteiger charge is 2.11. The lowest BCUT2D eigenvalue weighted by molar-refractivity contribution is 0.102. The van der Waals surface area contributed by atoms with Crippen molar-refractivity contribution in [3.63, 3.8) is 0 Å². The number of nitrogens with zero attached hydrogens (tertiary/aromatic N) is 2. The Bertz CT molecular complexity index is 625. The predicted molar refractivity (Wildman–Crippen MR) is 85.3 cm³/mol. The molecule has 0 bridgehead atoms. The third-order valence-corrected chi connectivity index (χ3v) is 4.42. The molecular weight excluding hydrogens is 338 g/mol. The zero-order chi connectivity index (χ0) is 14.7. The van der Waals surface area contributed by atoms with Crippen LogP contribution < -0.4 is 5.32 Å². The van der Waals surface area contributed by atoms with Crippen molar-refractivity contribution in [1.29, 1.82) is 0 Å². The van der Waals surface area contributed by atoms with Crippen molar-refractivity contribution in [3.05, 3.63) is 38.8 Å². The molecule has 0 fully saturated rings. The molecule has 1 aromatic carbocycles. The summed E-state index contributed by atoms with van der Waals surface area (Å²) in [6.07, 6.45) is 0.879. The van der Waals surface area contributed by atoms with E-state index in [2.05, 4.69) is 45.3 Å². The van der Waals surface area contributed by atoms with Crippen LogP contribution in [0.2, 0.25) is 0 Å². The van der Waals surface area contributed by atoms with Crippen LogP contribution in [0.25, 0.3) is 0 Å². The van der Waals surface area contributed by atoms with Gasteiger partial charge >= 0.3 is 0 Å². The smallest absolute Gasteiger partial charge is 0.257 e. The minimum atomic E-state index is -0.169. The fraction of sp³-hybridized carbons (Fsp3) is 0.357. The van der Waals surface area contributed by atoms with Crippen LogP contribution in [0.3, 0.4) is 0 Å². The van der Waals surface area contributed by atoms with Gasteiger partial charge in [0.2, 0.25) is 5.13 Å². The van der Waals surface area contributed by atoms with E-state index in [0.29, 0.717) is 16.6 Å². The highest BCUT2D eigenvalue weighted by atomic mass is 79.9. The monoisotopic (exact) mass is 353 g/mol. The van der Waals surface area contributed by atoms with Crippen LogP contribution in [-0.2, 0) is 6.42 Å². The minimum Gasteiger partial charge on any atom is -0.296 e. The molecule has 0 aliphatic carbocycles. The Morgan fingerprint density at radius 3 is 2.80 bits per heavy atom.